The van der Waals surface area contributed by atoms with Gasteiger partial charge in [-0.15, -0.1) is 35.7 Å². The molecule has 0 bridgehead atoms. The number of benzene rings is 4. The topological polar surface area (TPSA) is 44.9 Å². The van der Waals surface area contributed by atoms with Gasteiger partial charge in [0.25, 0.3) is 0 Å². The first-order valence-electron chi connectivity index (χ1n) is 15.9. The van der Waals surface area contributed by atoms with Gasteiger partial charge in [0.1, 0.15) is 5.82 Å². The van der Waals surface area contributed by atoms with Gasteiger partial charge < -0.3 is 9.30 Å². The average molecular weight is 798 g/mol. The van der Waals surface area contributed by atoms with E-state index in [1.54, 1.807) is 0 Å². The summed E-state index contributed by atoms with van der Waals surface area (Å²) in [6.07, 6.45) is 1.90. The summed E-state index contributed by atoms with van der Waals surface area (Å²) in [5.41, 5.74) is 9.71. The predicted molar refractivity (Wildman–Crippen MR) is 188 cm³/mol. The van der Waals surface area contributed by atoms with Crippen molar-refractivity contribution in [3.63, 3.8) is 0 Å². The van der Waals surface area contributed by atoms with Gasteiger partial charge in [-0.2, -0.15) is 17.2 Å². The van der Waals surface area contributed by atoms with Crippen LogP contribution in [0, 0.1) is 26.0 Å². The molecule has 7 aromatic rings. The van der Waals surface area contributed by atoms with Gasteiger partial charge in [-0.1, -0.05) is 82.6 Å². The number of hydrogen-bond donors (Lipinski definition) is 0. The number of aromatic nitrogens is 4. The van der Waals surface area contributed by atoms with E-state index in [4.69, 9.17) is 14.8 Å². The summed E-state index contributed by atoms with van der Waals surface area (Å²) in [6.45, 7) is 15.3. The van der Waals surface area contributed by atoms with E-state index >= 15 is 0 Å². The summed E-state index contributed by atoms with van der Waals surface area (Å²) in [4.78, 5) is 4.82. The normalized spacial score (nSPS) is 11.7. The van der Waals surface area contributed by atoms with Gasteiger partial charge >= 0.3 is 21.1 Å². The minimum absolute atomic E-state index is 0. The van der Waals surface area contributed by atoms with E-state index in [9.17, 15) is 0 Å². The first kappa shape index (κ1) is 32.5. The molecule has 0 N–H and O–H groups in total. The van der Waals surface area contributed by atoms with Crippen molar-refractivity contribution in [2.45, 2.75) is 59.8 Å². The van der Waals surface area contributed by atoms with Crippen molar-refractivity contribution in [2.24, 2.45) is 0 Å². The Morgan fingerprint density at radius 2 is 1.55 bits per heavy atom. The van der Waals surface area contributed by atoms with Gasteiger partial charge in [-0.3, -0.25) is 4.68 Å². The summed E-state index contributed by atoms with van der Waals surface area (Å²) in [6, 6.07) is 38.5. The zero-order valence-corrected chi connectivity index (χ0v) is 30.1. The Hall–Kier alpha value is -4.47. The molecule has 3 aromatic heterocycles. The second kappa shape index (κ2) is 12.6. The van der Waals surface area contributed by atoms with Crippen LogP contribution in [-0.4, -0.2) is 19.3 Å². The second-order valence-electron chi connectivity index (χ2n) is 13.3. The van der Waals surface area contributed by atoms with E-state index in [1.165, 1.54) is 16.5 Å². The number of ether oxygens (including phenoxy) is 1. The molecule has 47 heavy (non-hydrogen) atoms. The Balaban J connectivity index is 0.00000386. The van der Waals surface area contributed by atoms with Crippen LogP contribution in [0.15, 0.2) is 97.2 Å². The van der Waals surface area contributed by atoms with Crippen molar-refractivity contribution in [2.75, 3.05) is 0 Å². The Bertz CT molecular complexity index is 2220. The molecule has 238 valence electrons. The first-order chi connectivity index (χ1) is 22.1. The van der Waals surface area contributed by atoms with Crippen molar-refractivity contribution in [1.29, 1.82) is 0 Å². The van der Waals surface area contributed by atoms with E-state index in [0.717, 1.165) is 50.4 Å². The van der Waals surface area contributed by atoms with Gasteiger partial charge in [0.05, 0.1) is 5.69 Å². The second-order valence-corrected chi connectivity index (χ2v) is 13.3. The van der Waals surface area contributed by atoms with Crippen molar-refractivity contribution < 1.29 is 25.8 Å². The van der Waals surface area contributed by atoms with Crippen LogP contribution < -0.4 is 4.74 Å². The molecular weight excluding hydrogens is 760 g/mol. The number of hydrogen-bond acceptors (Lipinski definition) is 3. The van der Waals surface area contributed by atoms with Gasteiger partial charge in [0, 0.05) is 34.5 Å². The fourth-order valence-electron chi connectivity index (χ4n) is 6.24. The summed E-state index contributed by atoms with van der Waals surface area (Å²) >= 11 is 0. The minimum atomic E-state index is 0. The molecule has 0 saturated heterocycles. The average Bonchev–Trinajstić information content (AvgIpc) is 3.53. The Labute approximate surface area is 291 Å². The van der Waals surface area contributed by atoms with Crippen LogP contribution in [0.5, 0.6) is 11.5 Å². The van der Waals surface area contributed by atoms with E-state index in [-0.39, 0.29) is 26.5 Å². The molecular formula is C41H38N4OPt. The first-order valence-corrected chi connectivity index (χ1v) is 15.9. The molecule has 0 aliphatic rings. The van der Waals surface area contributed by atoms with Crippen LogP contribution in [0.2, 0.25) is 0 Å². The van der Waals surface area contributed by atoms with Crippen LogP contribution in [0.3, 0.4) is 0 Å². The van der Waals surface area contributed by atoms with Crippen molar-refractivity contribution >= 4 is 21.8 Å². The number of fused-ring (bicyclic) bond motifs is 3. The van der Waals surface area contributed by atoms with E-state index in [0.29, 0.717) is 17.4 Å². The molecule has 3 heterocycles. The summed E-state index contributed by atoms with van der Waals surface area (Å²) in [7, 11) is 0. The molecule has 0 aliphatic heterocycles. The van der Waals surface area contributed by atoms with Crippen molar-refractivity contribution in [3.05, 3.63) is 132 Å². The molecule has 7 rings (SSSR count). The van der Waals surface area contributed by atoms with Crippen LogP contribution in [0.1, 0.15) is 63.1 Å². The van der Waals surface area contributed by atoms with Crippen LogP contribution in [0.25, 0.3) is 44.4 Å². The van der Waals surface area contributed by atoms with E-state index in [1.807, 2.05) is 48.1 Å². The van der Waals surface area contributed by atoms with E-state index < -0.39 is 0 Å². The molecule has 0 amide bonds. The quantitative estimate of drug-likeness (QED) is 0.158. The maximum atomic E-state index is 6.45. The molecule has 0 fully saturated rings. The minimum Gasteiger partial charge on any atom is -0.509 e. The standard InChI is InChI=1S/C41H38N4O.Pt/c1-26(2)30-20-21-42-39(22-30)44-37-19-16-31(41(5,6)7)23-36(37)35-18-17-34(25-38(35)44)46-33-15-11-14-32(24-33)45-28(4)40(27(3)43-45)29-12-9-8-10-13-29;/h8-23,26H,1-7H3;/q-2;+2. The fourth-order valence-corrected chi connectivity index (χ4v) is 6.24. The SMILES string of the molecule is Cc1nn(-c2[c-]c(Oc3[c-]c4c(cc3)c3cc(C(C)(C)C)ccc3n4-c3cc(C(C)C)ccn3)ccc2)c(C)c1-c1ccccc1.[Pt+2]. The molecule has 0 unspecified atom stereocenters. The van der Waals surface area contributed by atoms with E-state index in [2.05, 4.69) is 119 Å². The number of nitrogens with zero attached hydrogens (tertiary/aromatic N) is 4. The number of aryl methyl sites for hydroxylation is 1. The molecule has 4 aromatic carbocycles. The monoisotopic (exact) mass is 797 g/mol. The Morgan fingerprint density at radius 1 is 0.787 bits per heavy atom. The zero-order chi connectivity index (χ0) is 32.2. The van der Waals surface area contributed by atoms with Crippen LogP contribution in [-0.2, 0) is 26.5 Å². The largest absolute Gasteiger partial charge is 2.00 e. The Morgan fingerprint density at radius 3 is 2.30 bits per heavy atom. The third kappa shape index (κ3) is 6.05. The fraction of sp³-hybridized carbons (Fsp3) is 0.220. The predicted octanol–water partition coefficient (Wildman–Crippen LogP) is 10.5. The molecule has 5 nitrogen and oxygen atoms in total. The molecule has 0 aliphatic carbocycles. The van der Waals surface area contributed by atoms with Crippen LogP contribution in [0.4, 0.5) is 0 Å². The van der Waals surface area contributed by atoms with Gasteiger partial charge in [0.15, 0.2) is 0 Å². The van der Waals surface area contributed by atoms with Crippen molar-refractivity contribution in [1.82, 2.24) is 19.3 Å². The molecule has 0 radical (unpaired) electrons. The summed E-state index contributed by atoms with van der Waals surface area (Å²) in [5, 5.41) is 7.16. The third-order valence-corrected chi connectivity index (χ3v) is 8.74. The molecule has 6 heteroatoms. The third-order valence-electron chi connectivity index (χ3n) is 8.74. The summed E-state index contributed by atoms with van der Waals surface area (Å²) in [5.74, 6) is 2.47. The zero-order valence-electron chi connectivity index (χ0n) is 27.8. The molecule has 0 spiro atoms. The smallest absolute Gasteiger partial charge is 0.509 e. The van der Waals surface area contributed by atoms with Gasteiger partial charge in [0.2, 0.25) is 0 Å². The number of rotatable bonds is 6. The maximum absolute atomic E-state index is 6.45. The van der Waals surface area contributed by atoms with Crippen LogP contribution >= 0.6 is 0 Å². The number of pyridine rings is 1. The maximum Gasteiger partial charge on any atom is 2.00 e. The molecule has 0 saturated carbocycles. The Kier molecular flexibility index (Phi) is 8.72. The van der Waals surface area contributed by atoms with Crippen molar-refractivity contribution in [3.8, 4) is 34.1 Å². The summed E-state index contributed by atoms with van der Waals surface area (Å²) < 4.78 is 10.6. The molecule has 0 atom stereocenters. The van der Waals surface area contributed by atoms with Gasteiger partial charge in [-0.25, -0.2) is 4.98 Å². The van der Waals surface area contributed by atoms with Gasteiger partial charge in [-0.05, 0) is 71.1 Å².